The highest BCUT2D eigenvalue weighted by molar-refractivity contribution is 6.36. The van der Waals surface area contributed by atoms with Gasteiger partial charge in [-0.3, -0.25) is 4.79 Å². The van der Waals surface area contributed by atoms with Crippen molar-refractivity contribution in [3.05, 3.63) is 47.3 Å². The zero-order chi connectivity index (χ0) is 22.2. The van der Waals surface area contributed by atoms with Gasteiger partial charge in [0, 0.05) is 28.8 Å². The zero-order valence-corrected chi connectivity index (χ0v) is 17.3. The van der Waals surface area contributed by atoms with Crippen LogP contribution in [0.2, 0.25) is 0 Å². The molecule has 0 saturated heterocycles. The Balaban J connectivity index is 1.94. The van der Waals surface area contributed by atoms with Crippen molar-refractivity contribution in [2.24, 2.45) is 11.5 Å². The molecule has 0 saturated carbocycles. The maximum absolute atomic E-state index is 12.6. The average molecular weight is 411 g/mol. The summed E-state index contributed by atoms with van der Waals surface area (Å²) in [6.07, 6.45) is 1.62. The molecule has 0 spiro atoms. The number of carbonyl (C=O) groups is 3. The number of H-pyrrole nitrogens is 1. The summed E-state index contributed by atoms with van der Waals surface area (Å²) in [7, 11) is 0. The number of nitrogens with one attached hydrogen (secondary N) is 3. The molecule has 1 atom stereocenters. The fourth-order valence-corrected chi connectivity index (χ4v) is 3.20. The second-order valence-corrected chi connectivity index (χ2v) is 8.06. The Morgan fingerprint density at radius 3 is 2.53 bits per heavy atom. The van der Waals surface area contributed by atoms with Crippen LogP contribution in [0.25, 0.3) is 11.1 Å². The summed E-state index contributed by atoms with van der Waals surface area (Å²) in [5.41, 5.74) is 14.6. The van der Waals surface area contributed by atoms with Crippen LogP contribution < -0.4 is 22.1 Å². The van der Waals surface area contributed by atoms with Crippen LogP contribution in [-0.4, -0.2) is 28.5 Å². The molecule has 1 aromatic carbocycles. The van der Waals surface area contributed by atoms with Gasteiger partial charge >= 0.3 is 12.0 Å². The van der Waals surface area contributed by atoms with Crippen LogP contribution in [0.5, 0.6) is 0 Å². The van der Waals surface area contributed by atoms with E-state index < -0.39 is 23.6 Å². The molecule has 158 valence electrons. The van der Waals surface area contributed by atoms with E-state index in [4.69, 9.17) is 16.2 Å². The third-order valence-corrected chi connectivity index (χ3v) is 4.54. The molecule has 1 aliphatic heterocycles. The van der Waals surface area contributed by atoms with Crippen molar-refractivity contribution in [2.75, 3.05) is 10.6 Å². The SMILES string of the molecule is C/C(=C1\C(=O)Nc2ccc(NC(N)=O)cc21)c1cc(C(N)C(=O)OC(C)(C)C)c[nH]1. The monoisotopic (exact) mass is 411 g/mol. The van der Waals surface area contributed by atoms with Gasteiger partial charge in [0.25, 0.3) is 5.91 Å². The Morgan fingerprint density at radius 2 is 1.90 bits per heavy atom. The van der Waals surface area contributed by atoms with Gasteiger partial charge in [0.15, 0.2) is 0 Å². The van der Waals surface area contributed by atoms with E-state index in [2.05, 4.69) is 15.6 Å². The molecular formula is C21H25N5O4. The highest BCUT2D eigenvalue weighted by atomic mass is 16.6. The van der Waals surface area contributed by atoms with Gasteiger partial charge in [0.2, 0.25) is 0 Å². The largest absolute Gasteiger partial charge is 0.459 e. The number of aromatic amines is 1. The van der Waals surface area contributed by atoms with Crippen molar-refractivity contribution >= 4 is 40.4 Å². The highest BCUT2D eigenvalue weighted by Crippen LogP contribution is 2.38. The number of esters is 1. The molecule has 3 rings (SSSR count). The first-order valence-corrected chi connectivity index (χ1v) is 9.36. The predicted octanol–water partition coefficient (Wildman–Crippen LogP) is 2.73. The van der Waals surface area contributed by atoms with Gasteiger partial charge in [-0.1, -0.05) is 0 Å². The van der Waals surface area contributed by atoms with E-state index in [1.165, 1.54) is 0 Å². The number of rotatable bonds is 4. The number of urea groups is 1. The summed E-state index contributed by atoms with van der Waals surface area (Å²) in [6.45, 7) is 7.09. The molecule has 7 N–H and O–H groups in total. The number of carbonyl (C=O) groups excluding carboxylic acids is 3. The summed E-state index contributed by atoms with van der Waals surface area (Å²) < 4.78 is 5.33. The number of allylic oxidation sites excluding steroid dienone is 1. The van der Waals surface area contributed by atoms with Crippen molar-refractivity contribution in [1.29, 1.82) is 0 Å². The van der Waals surface area contributed by atoms with Crippen molar-refractivity contribution < 1.29 is 19.1 Å². The molecule has 9 nitrogen and oxygen atoms in total. The first-order valence-electron chi connectivity index (χ1n) is 9.36. The van der Waals surface area contributed by atoms with Gasteiger partial charge in [0.1, 0.15) is 11.6 Å². The number of hydrogen-bond donors (Lipinski definition) is 5. The number of primary amides is 1. The van der Waals surface area contributed by atoms with E-state index in [1.54, 1.807) is 58.2 Å². The second-order valence-electron chi connectivity index (χ2n) is 8.06. The van der Waals surface area contributed by atoms with Crippen LogP contribution in [0.4, 0.5) is 16.2 Å². The van der Waals surface area contributed by atoms with E-state index in [0.29, 0.717) is 39.3 Å². The van der Waals surface area contributed by atoms with Crippen LogP contribution in [0, 0.1) is 0 Å². The smallest absolute Gasteiger partial charge is 0.328 e. The minimum absolute atomic E-state index is 0.272. The molecule has 30 heavy (non-hydrogen) atoms. The molecule has 0 aliphatic carbocycles. The lowest BCUT2D eigenvalue weighted by molar-refractivity contribution is -0.156. The maximum Gasteiger partial charge on any atom is 0.328 e. The Hall–Kier alpha value is -3.59. The Kier molecular flexibility index (Phi) is 5.41. The molecule has 0 radical (unpaired) electrons. The van der Waals surface area contributed by atoms with E-state index in [-0.39, 0.29) is 5.91 Å². The number of nitrogens with two attached hydrogens (primary N) is 2. The fourth-order valence-electron chi connectivity index (χ4n) is 3.20. The third-order valence-electron chi connectivity index (χ3n) is 4.54. The number of amides is 3. The molecule has 1 unspecified atom stereocenters. The Bertz CT molecular complexity index is 1060. The van der Waals surface area contributed by atoms with Gasteiger partial charge < -0.3 is 31.8 Å². The van der Waals surface area contributed by atoms with Crippen LogP contribution >= 0.6 is 0 Å². The van der Waals surface area contributed by atoms with E-state index >= 15 is 0 Å². The number of aromatic nitrogens is 1. The van der Waals surface area contributed by atoms with Crippen LogP contribution in [0.3, 0.4) is 0 Å². The van der Waals surface area contributed by atoms with Gasteiger partial charge in [-0.25, -0.2) is 9.59 Å². The molecule has 2 aromatic rings. The molecule has 1 aromatic heterocycles. The lowest BCUT2D eigenvalue weighted by Gasteiger charge is -2.21. The van der Waals surface area contributed by atoms with Crippen LogP contribution in [0.15, 0.2) is 30.5 Å². The quantitative estimate of drug-likeness (QED) is 0.387. The maximum atomic E-state index is 12.6. The van der Waals surface area contributed by atoms with E-state index in [1.807, 2.05) is 0 Å². The average Bonchev–Trinajstić information content (AvgIpc) is 3.22. The summed E-state index contributed by atoms with van der Waals surface area (Å²) in [4.78, 5) is 39.0. The van der Waals surface area contributed by atoms with Crippen molar-refractivity contribution in [3.8, 4) is 0 Å². The van der Waals surface area contributed by atoms with Gasteiger partial charge in [0.05, 0.1) is 5.57 Å². The molecule has 0 bridgehead atoms. The summed E-state index contributed by atoms with van der Waals surface area (Å²) in [6, 6.07) is 5.08. The topological polar surface area (TPSA) is 152 Å². The molecule has 3 amide bonds. The molecule has 1 aliphatic rings. The number of benzene rings is 1. The first kappa shape index (κ1) is 21.1. The predicted molar refractivity (Wildman–Crippen MR) is 114 cm³/mol. The number of anilines is 2. The second kappa shape index (κ2) is 7.68. The van der Waals surface area contributed by atoms with Gasteiger partial charge in [-0.05, 0) is 63.1 Å². The highest BCUT2D eigenvalue weighted by Gasteiger charge is 2.28. The third kappa shape index (κ3) is 4.36. The lowest BCUT2D eigenvalue weighted by Crippen LogP contribution is -2.31. The van der Waals surface area contributed by atoms with Crippen molar-refractivity contribution in [3.63, 3.8) is 0 Å². The van der Waals surface area contributed by atoms with Crippen molar-refractivity contribution in [1.82, 2.24) is 4.98 Å². The molecular weight excluding hydrogens is 386 g/mol. The van der Waals surface area contributed by atoms with Gasteiger partial charge in [-0.15, -0.1) is 0 Å². The molecule has 2 heterocycles. The van der Waals surface area contributed by atoms with E-state index in [0.717, 1.165) is 0 Å². The normalized spacial score (nSPS) is 15.8. The molecule has 9 heteroatoms. The van der Waals surface area contributed by atoms with Crippen LogP contribution in [0.1, 0.15) is 50.6 Å². The number of fused-ring (bicyclic) bond motifs is 1. The molecule has 0 fully saturated rings. The summed E-state index contributed by atoms with van der Waals surface area (Å²) in [5, 5.41) is 5.30. The Morgan fingerprint density at radius 1 is 1.20 bits per heavy atom. The standard InChI is InChI=1S/C21H25N5O4/c1-10(15-7-11(9-24-15)17(22)19(28)30-21(2,3)4)16-13-8-12(25-20(23)29)5-6-14(13)26-18(16)27/h5-9,17,24H,22H2,1-4H3,(H,26,27)(H3,23,25,29)/b16-10+. The first-order chi connectivity index (χ1) is 14.0. The van der Waals surface area contributed by atoms with Crippen LogP contribution in [-0.2, 0) is 14.3 Å². The zero-order valence-electron chi connectivity index (χ0n) is 17.3. The van der Waals surface area contributed by atoms with Gasteiger partial charge in [-0.2, -0.15) is 0 Å². The number of ether oxygens (including phenoxy) is 1. The van der Waals surface area contributed by atoms with E-state index in [9.17, 15) is 14.4 Å². The summed E-state index contributed by atoms with van der Waals surface area (Å²) >= 11 is 0. The lowest BCUT2D eigenvalue weighted by atomic mass is 9.99. The summed E-state index contributed by atoms with van der Waals surface area (Å²) in [5.74, 6) is -0.809. The van der Waals surface area contributed by atoms with Crippen molar-refractivity contribution in [2.45, 2.75) is 39.3 Å². The minimum Gasteiger partial charge on any atom is -0.459 e. The number of hydrogen-bond acceptors (Lipinski definition) is 5. The Labute approximate surface area is 173 Å². The fraction of sp³-hybridized carbons (Fsp3) is 0.286. The minimum atomic E-state index is -0.955.